The first-order valence-electron chi connectivity index (χ1n) is 8.02. The molecule has 2 atom stereocenters. The lowest BCUT2D eigenvalue weighted by atomic mass is 10.0. The minimum atomic E-state index is -1.34. The van der Waals surface area contributed by atoms with Crippen LogP contribution in [-0.4, -0.2) is 73.4 Å². The Labute approximate surface area is 183 Å². The highest BCUT2D eigenvalue weighted by Gasteiger charge is 2.54. The number of carbonyl (C=O) groups excluding carboxylic acids is 3. The number of β-lactam (4-membered cyclic amide) rings is 1. The van der Waals surface area contributed by atoms with Gasteiger partial charge in [-0.3, -0.25) is 19.3 Å². The summed E-state index contributed by atoms with van der Waals surface area (Å²) < 4.78 is 4.85. The van der Waals surface area contributed by atoms with Gasteiger partial charge in [0, 0.05) is 23.6 Å². The number of esters is 1. The fourth-order valence-electron chi connectivity index (χ4n) is 2.80. The number of nitrogens with zero attached hydrogens (tertiary/aromatic N) is 3. The van der Waals surface area contributed by atoms with Gasteiger partial charge in [0.15, 0.2) is 10.8 Å². The van der Waals surface area contributed by atoms with Crippen molar-refractivity contribution in [3.05, 3.63) is 22.3 Å². The van der Waals surface area contributed by atoms with Crippen LogP contribution in [0.15, 0.2) is 21.8 Å². The van der Waals surface area contributed by atoms with Gasteiger partial charge < -0.3 is 26.1 Å². The van der Waals surface area contributed by atoms with Crippen LogP contribution in [0.3, 0.4) is 0 Å². The number of nitrogens with two attached hydrogens (primary N) is 1. The van der Waals surface area contributed by atoms with E-state index in [1.54, 1.807) is 0 Å². The van der Waals surface area contributed by atoms with Crippen molar-refractivity contribution in [2.75, 3.05) is 18.1 Å². The molecule has 5 N–H and O–H groups in total. The second-order valence-corrected chi connectivity index (χ2v) is 7.91. The number of carboxylic acid groups (broad SMARTS) is 1. The number of ether oxygens (including phenoxy) is 1. The number of aliphatic carboxylic acids is 1. The first kappa shape index (κ1) is 23.4. The van der Waals surface area contributed by atoms with Crippen LogP contribution in [-0.2, 0) is 23.9 Å². The predicted molar refractivity (Wildman–Crippen MR) is 108 cm³/mol. The number of carboxylic acids is 1. The van der Waals surface area contributed by atoms with E-state index < -0.39 is 40.9 Å². The average Bonchev–Trinajstić information content (AvgIpc) is 3.09. The van der Waals surface area contributed by atoms with E-state index in [1.165, 1.54) is 24.1 Å². The van der Waals surface area contributed by atoms with E-state index in [9.17, 15) is 24.3 Å². The number of hydrogen-bond acceptors (Lipinski definition) is 11. The third-order valence-electron chi connectivity index (χ3n) is 4.07. The van der Waals surface area contributed by atoms with E-state index in [4.69, 9.17) is 15.7 Å². The van der Waals surface area contributed by atoms with Crippen molar-refractivity contribution in [1.82, 2.24) is 15.2 Å². The number of rotatable bonds is 6. The van der Waals surface area contributed by atoms with Gasteiger partial charge in [-0.1, -0.05) is 5.16 Å². The van der Waals surface area contributed by atoms with E-state index in [-0.39, 0.29) is 46.9 Å². The summed E-state index contributed by atoms with van der Waals surface area (Å²) in [6, 6.07) is -1.02. The van der Waals surface area contributed by atoms with Crippen LogP contribution in [0.1, 0.15) is 12.6 Å². The van der Waals surface area contributed by atoms with Crippen LogP contribution in [0.5, 0.6) is 0 Å². The molecule has 2 aliphatic rings. The lowest BCUT2D eigenvalue weighted by Gasteiger charge is -2.49. The lowest BCUT2D eigenvalue weighted by Crippen LogP contribution is -2.71. The molecule has 30 heavy (non-hydrogen) atoms. The third-order valence-corrected chi connectivity index (χ3v) is 6.08. The summed E-state index contributed by atoms with van der Waals surface area (Å²) in [7, 11) is 0. The van der Waals surface area contributed by atoms with Gasteiger partial charge in [0.2, 0.25) is 0 Å². The average molecular weight is 478 g/mol. The summed E-state index contributed by atoms with van der Waals surface area (Å²) in [6.45, 7) is 0.945. The van der Waals surface area contributed by atoms with Crippen molar-refractivity contribution >= 4 is 70.1 Å². The fourth-order valence-corrected chi connectivity index (χ4v) is 4.68. The van der Waals surface area contributed by atoms with Gasteiger partial charge in [-0.15, -0.1) is 35.5 Å². The van der Waals surface area contributed by atoms with Crippen LogP contribution in [0.2, 0.25) is 0 Å². The monoisotopic (exact) mass is 477 g/mol. The molecule has 15 heteroatoms. The maximum absolute atomic E-state index is 12.5. The number of carbonyl (C=O) groups is 4. The highest BCUT2D eigenvalue weighted by Crippen LogP contribution is 2.40. The summed E-state index contributed by atoms with van der Waals surface area (Å²) in [5, 5.41) is 24.9. The maximum Gasteiger partial charge on any atom is 0.352 e. The van der Waals surface area contributed by atoms with Gasteiger partial charge in [0.1, 0.15) is 29.4 Å². The number of amides is 2. The van der Waals surface area contributed by atoms with Crippen molar-refractivity contribution in [3.8, 4) is 0 Å². The van der Waals surface area contributed by atoms with Gasteiger partial charge in [-0.2, -0.15) is 0 Å². The molecule has 0 aromatic carbocycles. The molecule has 1 aromatic rings. The Balaban J connectivity index is 0.00000320. The fraction of sp³-hybridized carbons (Fsp3) is 0.333. The van der Waals surface area contributed by atoms with Gasteiger partial charge in [0.05, 0.1) is 0 Å². The third kappa shape index (κ3) is 4.34. The Bertz CT molecular complexity index is 963. The predicted octanol–water partition coefficient (Wildman–Crippen LogP) is -0.373. The molecule has 2 amide bonds. The Morgan fingerprint density at radius 1 is 1.47 bits per heavy atom. The standard InChI is InChI=1S/C15H15N5O7S2.ClH/c1-5(21)27-2-6-3-28-13-9(12(23)20(13)10(6)14(24)25)18-11(22)8(19-26)7-4-29-15(16)17-7;/h4,9,13,26H,2-3H2,1H3,(H2,16,17)(H,18,22)(H,24,25);1H/t9?,13-;/m1./s1. The van der Waals surface area contributed by atoms with Crippen molar-refractivity contribution in [2.45, 2.75) is 18.3 Å². The molecule has 0 aliphatic carbocycles. The van der Waals surface area contributed by atoms with Crippen molar-refractivity contribution in [2.24, 2.45) is 5.16 Å². The minimum Gasteiger partial charge on any atom is -0.477 e. The number of anilines is 1. The van der Waals surface area contributed by atoms with Crippen LogP contribution in [0.4, 0.5) is 5.13 Å². The van der Waals surface area contributed by atoms with E-state index >= 15 is 0 Å². The summed E-state index contributed by atoms with van der Waals surface area (Å²) in [5.41, 5.74) is 5.13. The SMILES string of the molecule is CC(=O)OCC1=C(C(=O)O)N2C(=O)C(NC(=O)C(=NO)c3csc(N)n3)[C@H]2SC1.Cl. The van der Waals surface area contributed by atoms with Gasteiger partial charge in [-0.05, 0) is 0 Å². The molecule has 2 aliphatic heterocycles. The topological polar surface area (TPSA) is 185 Å². The molecule has 0 radical (unpaired) electrons. The van der Waals surface area contributed by atoms with Crippen LogP contribution >= 0.6 is 35.5 Å². The molecule has 0 bridgehead atoms. The number of nitrogen functional groups attached to an aromatic ring is 1. The second kappa shape index (κ2) is 9.32. The maximum atomic E-state index is 12.5. The molecule has 1 unspecified atom stereocenters. The zero-order valence-corrected chi connectivity index (χ0v) is 17.7. The molecule has 1 aromatic heterocycles. The quantitative estimate of drug-likeness (QED) is 0.138. The number of oxime groups is 1. The highest BCUT2D eigenvalue weighted by molar-refractivity contribution is 8.00. The molecular formula is C15H16ClN5O7S2. The van der Waals surface area contributed by atoms with E-state index in [1.807, 2.05) is 0 Å². The number of nitrogens with one attached hydrogen (secondary N) is 1. The largest absolute Gasteiger partial charge is 0.477 e. The molecule has 0 spiro atoms. The van der Waals surface area contributed by atoms with Crippen molar-refractivity contribution in [3.63, 3.8) is 0 Å². The number of halogens is 1. The zero-order valence-electron chi connectivity index (χ0n) is 15.2. The Morgan fingerprint density at radius 2 is 2.17 bits per heavy atom. The summed E-state index contributed by atoms with van der Waals surface area (Å²) >= 11 is 2.25. The molecule has 1 saturated heterocycles. The van der Waals surface area contributed by atoms with Crippen LogP contribution in [0.25, 0.3) is 0 Å². The first-order chi connectivity index (χ1) is 13.7. The normalized spacial score (nSPS) is 20.6. The highest BCUT2D eigenvalue weighted by atomic mass is 35.5. The van der Waals surface area contributed by atoms with Crippen molar-refractivity contribution < 1.29 is 34.2 Å². The van der Waals surface area contributed by atoms with Crippen LogP contribution in [0, 0.1) is 0 Å². The minimum absolute atomic E-state index is 0. The number of fused-ring (bicyclic) bond motifs is 1. The van der Waals surface area contributed by atoms with Crippen molar-refractivity contribution in [1.29, 1.82) is 0 Å². The molecule has 3 rings (SSSR count). The second-order valence-electron chi connectivity index (χ2n) is 5.92. The first-order valence-corrected chi connectivity index (χ1v) is 9.95. The number of hydrogen-bond donors (Lipinski definition) is 4. The summed E-state index contributed by atoms with van der Waals surface area (Å²) in [4.78, 5) is 52.5. The number of aromatic nitrogens is 1. The van der Waals surface area contributed by atoms with Gasteiger partial charge in [0.25, 0.3) is 11.8 Å². The zero-order chi connectivity index (χ0) is 21.3. The Kier molecular flexibility index (Phi) is 7.28. The Hall–Kier alpha value is -2.84. The van der Waals surface area contributed by atoms with E-state index in [2.05, 4.69) is 15.5 Å². The smallest absolute Gasteiger partial charge is 0.352 e. The molecule has 162 valence electrons. The number of thiazole rings is 1. The number of thioether (sulfide) groups is 1. The molecule has 12 nitrogen and oxygen atoms in total. The van der Waals surface area contributed by atoms with Crippen LogP contribution < -0.4 is 11.1 Å². The Morgan fingerprint density at radius 3 is 2.70 bits per heavy atom. The summed E-state index contributed by atoms with van der Waals surface area (Å²) in [6.07, 6.45) is 0. The summed E-state index contributed by atoms with van der Waals surface area (Å²) in [5.74, 6) is -3.23. The van der Waals surface area contributed by atoms with Gasteiger partial charge >= 0.3 is 11.9 Å². The molecule has 0 saturated carbocycles. The van der Waals surface area contributed by atoms with E-state index in [0.29, 0.717) is 0 Å². The molecule has 1 fully saturated rings. The van der Waals surface area contributed by atoms with E-state index in [0.717, 1.165) is 16.2 Å². The van der Waals surface area contributed by atoms with Gasteiger partial charge in [-0.25, -0.2) is 9.78 Å². The lowest BCUT2D eigenvalue weighted by molar-refractivity contribution is -0.150. The molecular weight excluding hydrogens is 462 g/mol. The molecule has 3 heterocycles.